The molecule has 0 unspecified atom stereocenters. The number of hydrogen-bond acceptors (Lipinski definition) is 1. The number of nitrogens with zero attached hydrogens (tertiary/aromatic N) is 1. The third-order valence-corrected chi connectivity index (χ3v) is 4.99. The molecule has 1 saturated carbocycles. The fraction of sp³-hybridized carbons (Fsp3) is 0.476. The van der Waals surface area contributed by atoms with E-state index in [-0.39, 0.29) is 0 Å². The summed E-state index contributed by atoms with van der Waals surface area (Å²) in [6.45, 7) is 9.12. The number of benzene rings is 1. The normalized spacial score (nSPS) is 23.8. The molecular weight excluding hydrogens is 266 g/mol. The predicted octanol–water partition coefficient (Wildman–Crippen LogP) is 5.11. The van der Waals surface area contributed by atoms with Crippen LogP contribution in [0.3, 0.4) is 0 Å². The molecule has 1 nitrogen and oxygen atoms in total. The Labute approximate surface area is 134 Å². The van der Waals surface area contributed by atoms with E-state index in [1.165, 1.54) is 28.9 Å². The molecule has 116 valence electrons. The molecule has 2 aromatic rings. The maximum Gasteiger partial charge on any atom is 0.0412 e. The largest absolute Gasteiger partial charge is 0.258 e. The SMILES string of the molecule is Cc1cc(CC(C)C)nc(C[C@@H]2C[C@@]2(C)c2ccccc2)c1. The van der Waals surface area contributed by atoms with E-state index in [2.05, 4.69) is 70.2 Å². The molecule has 0 radical (unpaired) electrons. The topological polar surface area (TPSA) is 12.9 Å². The van der Waals surface area contributed by atoms with Gasteiger partial charge >= 0.3 is 0 Å². The number of aryl methyl sites for hydroxylation is 1. The Kier molecular flexibility index (Phi) is 4.08. The molecule has 1 fully saturated rings. The quantitative estimate of drug-likeness (QED) is 0.746. The highest BCUT2D eigenvalue weighted by molar-refractivity contribution is 5.33. The van der Waals surface area contributed by atoms with E-state index in [4.69, 9.17) is 4.98 Å². The molecule has 1 heteroatoms. The molecule has 1 aromatic carbocycles. The summed E-state index contributed by atoms with van der Waals surface area (Å²) in [4.78, 5) is 4.91. The summed E-state index contributed by atoms with van der Waals surface area (Å²) in [5.74, 6) is 1.40. The molecule has 2 atom stereocenters. The average Bonchev–Trinajstić information content (AvgIpc) is 3.10. The molecule has 3 rings (SSSR count). The monoisotopic (exact) mass is 293 g/mol. The zero-order chi connectivity index (χ0) is 15.7. The van der Waals surface area contributed by atoms with Gasteiger partial charge < -0.3 is 0 Å². The first-order chi connectivity index (χ1) is 10.5. The standard InChI is InChI=1S/C21H27N/c1-15(2)10-19-11-16(3)12-20(22-19)13-18-14-21(18,4)17-8-6-5-7-9-17/h5-9,11-12,15,18H,10,13-14H2,1-4H3/t18-,21+/m1/s1. The highest BCUT2D eigenvalue weighted by Crippen LogP contribution is 2.55. The highest BCUT2D eigenvalue weighted by atomic mass is 14.7. The summed E-state index contributed by atoms with van der Waals surface area (Å²) in [6.07, 6.45) is 3.47. The van der Waals surface area contributed by atoms with Crippen molar-refractivity contribution >= 4 is 0 Å². The number of pyridine rings is 1. The van der Waals surface area contributed by atoms with Crippen molar-refractivity contribution in [2.75, 3.05) is 0 Å². The summed E-state index contributed by atoms with van der Waals surface area (Å²) in [6, 6.07) is 15.5. The first kappa shape index (κ1) is 15.3. The summed E-state index contributed by atoms with van der Waals surface area (Å²) in [7, 11) is 0. The van der Waals surface area contributed by atoms with E-state index in [1.54, 1.807) is 0 Å². The molecule has 1 aliphatic carbocycles. The lowest BCUT2D eigenvalue weighted by atomic mass is 9.93. The molecule has 1 aromatic heterocycles. The zero-order valence-electron chi connectivity index (χ0n) is 14.3. The highest BCUT2D eigenvalue weighted by Gasteiger charge is 2.50. The Hall–Kier alpha value is -1.63. The second-order valence-corrected chi connectivity index (χ2v) is 7.61. The minimum absolute atomic E-state index is 0.352. The first-order valence-electron chi connectivity index (χ1n) is 8.49. The van der Waals surface area contributed by atoms with E-state index >= 15 is 0 Å². The Bertz CT molecular complexity index is 644. The second kappa shape index (κ2) is 5.87. The minimum atomic E-state index is 0.352. The summed E-state index contributed by atoms with van der Waals surface area (Å²) >= 11 is 0. The fourth-order valence-electron chi connectivity index (χ4n) is 3.62. The third kappa shape index (κ3) is 3.24. The molecule has 1 aliphatic rings. The molecule has 0 aliphatic heterocycles. The lowest BCUT2D eigenvalue weighted by Crippen LogP contribution is -2.08. The van der Waals surface area contributed by atoms with Crippen molar-refractivity contribution in [3.05, 3.63) is 65.0 Å². The summed E-state index contributed by atoms with van der Waals surface area (Å²) < 4.78 is 0. The zero-order valence-corrected chi connectivity index (χ0v) is 14.3. The van der Waals surface area contributed by atoms with Gasteiger partial charge in [-0.05, 0) is 66.7 Å². The van der Waals surface area contributed by atoms with Gasteiger partial charge in [-0.1, -0.05) is 51.1 Å². The molecule has 0 bridgehead atoms. The van der Waals surface area contributed by atoms with Crippen molar-refractivity contribution in [3.63, 3.8) is 0 Å². The van der Waals surface area contributed by atoms with Gasteiger partial charge in [-0.2, -0.15) is 0 Å². The lowest BCUT2D eigenvalue weighted by molar-refractivity contribution is 0.621. The van der Waals surface area contributed by atoms with Crippen LogP contribution in [0.5, 0.6) is 0 Å². The molecule has 0 amide bonds. The van der Waals surface area contributed by atoms with Gasteiger partial charge in [0.2, 0.25) is 0 Å². The van der Waals surface area contributed by atoms with Crippen molar-refractivity contribution in [1.82, 2.24) is 4.98 Å². The van der Waals surface area contributed by atoms with E-state index in [0.29, 0.717) is 11.3 Å². The molecule has 0 spiro atoms. The molecule has 22 heavy (non-hydrogen) atoms. The molecule has 1 heterocycles. The van der Waals surface area contributed by atoms with Crippen molar-refractivity contribution in [2.24, 2.45) is 11.8 Å². The van der Waals surface area contributed by atoms with Crippen LogP contribution in [-0.4, -0.2) is 4.98 Å². The number of rotatable bonds is 5. The van der Waals surface area contributed by atoms with E-state index in [1.807, 2.05) is 0 Å². The summed E-state index contributed by atoms with van der Waals surface area (Å²) in [5, 5.41) is 0. The van der Waals surface area contributed by atoms with E-state index < -0.39 is 0 Å². The van der Waals surface area contributed by atoms with Crippen LogP contribution in [-0.2, 0) is 18.3 Å². The Morgan fingerprint density at radius 1 is 1.14 bits per heavy atom. The van der Waals surface area contributed by atoms with E-state index in [0.717, 1.165) is 18.8 Å². The van der Waals surface area contributed by atoms with Crippen molar-refractivity contribution < 1.29 is 0 Å². The lowest BCUT2D eigenvalue weighted by Gasteiger charge is -2.13. The van der Waals surface area contributed by atoms with Gasteiger partial charge in [0.1, 0.15) is 0 Å². The third-order valence-electron chi connectivity index (χ3n) is 4.99. The minimum Gasteiger partial charge on any atom is -0.258 e. The van der Waals surface area contributed by atoms with Gasteiger partial charge in [0.05, 0.1) is 0 Å². The van der Waals surface area contributed by atoms with Gasteiger partial charge in [0.15, 0.2) is 0 Å². The van der Waals surface area contributed by atoms with Crippen LogP contribution < -0.4 is 0 Å². The Morgan fingerprint density at radius 3 is 2.50 bits per heavy atom. The average molecular weight is 293 g/mol. The van der Waals surface area contributed by atoms with Gasteiger partial charge in [-0.3, -0.25) is 4.98 Å². The van der Waals surface area contributed by atoms with Gasteiger partial charge in [0.25, 0.3) is 0 Å². The van der Waals surface area contributed by atoms with Crippen LogP contribution in [0.15, 0.2) is 42.5 Å². The van der Waals surface area contributed by atoms with Gasteiger partial charge in [-0.25, -0.2) is 0 Å². The Morgan fingerprint density at radius 2 is 1.82 bits per heavy atom. The molecule has 0 saturated heterocycles. The fourth-order valence-corrected chi connectivity index (χ4v) is 3.62. The van der Waals surface area contributed by atoms with Crippen molar-refractivity contribution in [1.29, 1.82) is 0 Å². The molecule has 0 N–H and O–H groups in total. The second-order valence-electron chi connectivity index (χ2n) is 7.61. The van der Waals surface area contributed by atoms with Crippen LogP contribution in [0.4, 0.5) is 0 Å². The number of hydrogen-bond donors (Lipinski definition) is 0. The van der Waals surface area contributed by atoms with Gasteiger partial charge in [0, 0.05) is 11.4 Å². The summed E-state index contributed by atoms with van der Waals surface area (Å²) in [5.41, 5.74) is 5.72. The predicted molar refractivity (Wildman–Crippen MR) is 93.1 cm³/mol. The van der Waals surface area contributed by atoms with Crippen LogP contribution in [0, 0.1) is 18.8 Å². The van der Waals surface area contributed by atoms with Crippen LogP contribution in [0.1, 0.15) is 49.7 Å². The van der Waals surface area contributed by atoms with Crippen molar-refractivity contribution in [3.8, 4) is 0 Å². The maximum absolute atomic E-state index is 4.91. The van der Waals surface area contributed by atoms with Crippen LogP contribution in [0.25, 0.3) is 0 Å². The van der Waals surface area contributed by atoms with Crippen LogP contribution >= 0.6 is 0 Å². The number of aromatic nitrogens is 1. The van der Waals surface area contributed by atoms with Crippen LogP contribution in [0.2, 0.25) is 0 Å². The van der Waals surface area contributed by atoms with E-state index in [9.17, 15) is 0 Å². The smallest absolute Gasteiger partial charge is 0.0412 e. The first-order valence-corrected chi connectivity index (χ1v) is 8.49. The van der Waals surface area contributed by atoms with Gasteiger partial charge in [-0.15, -0.1) is 0 Å². The maximum atomic E-state index is 4.91. The molecular formula is C21H27N. The van der Waals surface area contributed by atoms with Crippen molar-refractivity contribution in [2.45, 2.75) is 52.4 Å². The Balaban J connectivity index is 1.74.